The quantitative estimate of drug-likeness (QED) is 0.441. The van der Waals surface area contributed by atoms with Crippen LogP contribution >= 0.6 is 12.6 Å². The lowest BCUT2D eigenvalue weighted by Crippen LogP contribution is -2.31. The number of carbonyl (C=O) groups is 1. The summed E-state index contributed by atoms with van der Waals surface area (Å²) in [7, 11) is 0. The van der Waals surface area contributed by atoms with Crippen LogP contribution in [-0.2, 0) is 4.79 Å². The third-order valence-electron chi connectivity index (χ3n) is 0.514. The maximum absolute atomic E-state index is 9.76. The fourth-order valence-corrected chi connectivity index (χ4v) is 0.234. The van der Waals surface area contributed by atoms with Crippen LogP contribution in [0.5, 0.6) is 0 Å². The first-order valence-electron chi connectivity index (χ1n) is 1.77. The van der Waals surface area contributed by atoms with Crippen LogP contribution < -0.4 is 5.73 Å². The number of thiol groups is 1. The molecule has 0 rings (SSSR count). The average molecular weight is 133 g/mol. The van der Waals surface area contributed by atoms with Gasteiger partial charge >= 0.3 is 5.97 Å². The van der Waals surface area contributed by atoms with Gasteiger partial charge in [-0.3, -0.25) is 4.79 Å². The second-order valence-corrected chi connectivity index (χ2v) is 1.49. The van der Waals surface area contributed by atoms with Gasteiger partial charge in [0.2, 0.25) is 0 Å². The van der Waals surface area contributed by atoms with Gasteiger partial charge in [-0.25, -0.2) is 0 Å². The van der Waals surface area contributed by atoms with Crippen molar-refractivity contribution in [2.75, 3.05) is 5.75 Å². The van der Waals surface area contributed by atoms with Gasteiger partial charge in [0.15, 0.2) is 0 Å². The van der Waals surface area contributed by atoms with E-state index < -0.39 is 12.0 Å². The SMILES string of the molecule is N[C@@H](CS)C(=O)O.[C]. The van der Waals surface area contributed by atoms with Crippen LogP contribution in [0.4, 0.5) is 0 Å². The molecule has 8 heavy (non-hydrogen) atoms. The van der Waals surface area contributed by atoms with E-state index in [-0.39, 0.29) is 13.2 Å². The van der Waals surface area contributed by atoms with Crippen molar-refractivity contribution < 1.29 is 9.90 Å². The molecule has 0 aromatic carbocycles. The summed E-state index contributed by atoms with van der Waals surface area (Å²) in [5, 5.41) is 8.01. The van der Waals surface area contributed by atoms with Gasteiger partial charge in [0.1, 0.15) is 6.04 Å². The Morgan fingerprint density at radius 1 is 1.88 bits per heavy atom. The largest absolute Gasteiger partial charge is 0.480 e. The Labute approximate surface area is 54.3 Å². The van der Waals surface area contributed by atoms with Crippen molar-refractivity contribution in [1.82, 2.24) is 0 Å². The molecule has 4 radical (unpaired) electrons. The summed E-state index contributed by atoms with van der Waals surface area (Å²) < 4.78 is 0. The second kappa shape index (κ2) is 4.93. The van der Waals surface area contributed by atoms with Crippen LogP contribution in [0.25, 0.3) is 0 Å². The molecule has 0 spiro atoms. The standard InChI is InChI=1S/C3H7NO2S.C/c4-2(1-7)3(5)6;/h2,7H,1,4H2,(H,5,6);/t2-;/m0./s1. The van der Waals surface area contributed by atoms with E-state index in [0.29, 0.717) is 0 Å². The summed E-state index contributed by atoms with van der Waals surface area (Å²) in [5.74, 6) is -0.815. The van der Waals surface area contributed by atoms with Crippen molar-refractivity contribution in [2.24, 2.45) is 5.73 Å². The van der Waals surface area contributed by atoms with Gasteiger partial charge in [0.05, 0.1) is 0 Å². The van der Waals surface area contributed by atoms with Crippen LogP contribution in [-0.4, -0.2) is 22.9 Å². The number of aliphatic carboxylic acids is 1. The summed E-state index contributed by atoms with van der Waals surface area (Å²) in [6.45, 7) is 0. The third-order valence-corrected chi connectivity index (χ3v) is 0.907. The normalized spacial score (nSPS) is 11.8. The predicted octanol–water partition coefficient (Wildman–Crippen LogP) is -0.591. The molecule has 0 aromatic heterocycles. The first kappa shape index (κ1) is 10.7. The van der Waals surface area contributed by atoms with E-state index in [1.54, 1.807) is 0 Å². The predicted molar refractivity (Wildman–Crippen MR) is 32.7 cm³/mol. The minimum absolute atomic E-state index is 0. The van der Waals surface area contributed by atoms with E-state index >= 15 is 0 Å². The summed E-state index contributed by atoms with van der Waals surface area (Å²) in [4.78, 5) is 9.76. The molecule has 3 N–H and O–H groups in total. The van der Waals surface area contributed by atoms with E-state index in [1.807, 2.05) is 0 Å². The molecule has 0 amide bonds. The Morgan fingerprint density at radius 2 is 2.25 bits per heavy atom. The van der Waals surface area contributed by atoms with E-state index in [1.165, 1.54) is 0 Å². The fraction of sp³-hybridized carbons (Fsp3) is 0.500. The number of hydrogen-bond donors (Lipinski definition) is 3. The number of nitrogens with two attached hydrogens (primary N) is 1. The number of hydrogen-bond acceptors (Lipinski definition) is 3. The molecule has 0 saturated carbocycles. The van der Waals surface area contributed by atoms with E-state index in [4.69, 9.17) is 10.8 Å². The highest BCUT2D eigenvalue weighted by Crippen LogP contribution is 1.80. The van der Waals surface area contributed by atoms with Crippen molar-refractivity contribution >= 4 is 18.6 Å². The van der Waals surface area contributed by atoms with Crippen molar-refractivity contribution in [1.29, 1.82) is 0 Å². The van der Waals surface area contributed by atoms with Gasteiger partial charge in [0.25, 0.3) is 0 Å². The molecular formula is C4H7NO2S. The zero-order valence-corrected chi connectivity index (χ0v) is 5.06. The number of carboxylic acids is 1. The third kappa shape index (κ3) is 3.95. The van der Waals surface area contributed by atoms with Crippen LogP contribution in [0.15, 0.2) is 0 Å². The molecule has 0 aliphatic rings. The molecule has 46 valence electrons. The van der Waals surface area contributed by atoms with Crippen molar-refractivity contribution in [2.45, 2.75) is 6.04 Å². The van der Waals surface area contributed by atoms with Gasteiger partial charge in [-0.1, -0.05) is 0 Å². The Morgan fingerprint density at radius 3 is 2.25 bits per heavy atom. The van der Waals surface area contributed by atoms with Crippen LogP contribution in [0.1, 0.15) is 0 Å². The summed E-state index contributed by atoms with van der Waals surface area (Å²) in [5.41, 5.74) is 4.94. The van der Waals surface area contributed by atoms with Crippen LogP contribution in [0.2, 0.25) is 0 Å². The smallest absolute Gasteiger partial charge is 0.321 e. The average Bonchev–Trinajstić information content (AvgIpc) is 1.65. The van der Waals surface area contributed by atoms with Gasteiger partial charge in [-0.2, -0.15) is 12.6 Å². The zero-order valence-electron chi connectivity index (χ0n) is 4.16. The van der Waals surface area contributed by atoms with E-state index in [2.05, 4.69) is 12.6 Å². The summed E-state index contributed by atoms with van der Waals surface area (Å²) in [6, 6.07) is -0.816. The first-order valence-corrected chi connectivity index (χ1v) is 2.41. The molecule has 0 saturated heterocycles. The molecule has 0 fully saturated rings. The molecule has 0 unspecified atom stereocenters. The van der Waals surface area contributed by atoms with E-state index in [0.717, 1.165) is 0 Å². The highest BCUT2D eigenvalue weighted by atomic mass is 32.1. The molecule has 0 bridgehead atoms. The Balaban J connectivity index is 0. The lowest BCUT2D eigenvalue weighted by molar-refractivity contribution is -0.137. The van der Waals surface area contributed by atoms with Crippen LogP contribution in [0.3, 0.4) is 0 Å². The molecule has 0 aliphatic carbocycles. The minimum atomic E-state index is -1.00. The molecular weight excluding hydrogens is 126 g/mol. The fourth-order valence-electron chi connectivity index (χ4n) is 0.0781. The Hall–Kier alpha value is -0.220. The summed E-state index contributed by atoms with van der Waals surface area (Å²) in [6.07, 6.45) is 0. The lowest BCUT2D eigenvalue weighted by atomic mass is 10.4. The van der Waals surface area contributed by atoms with Gasteiger partial charge in [-0.15, -0.1) is 0 Å². The highest BCUT2D eigenvalue weighted by molar-refractivity contribution is 7.80. The lowest BCUT2D eigenvalue weighted by Gasteiger charge is -1.96. The molecule has 4 heteroatoms. The number of carboxylic acid groups (broad SMARTS) is 1. The molecule has 0 aromatic rings. The molecule has 3 nitrogen and oxygen atoms in total. The maximum Gasteiger partial charge on any atom is 0.321 e. The Kier molecular flexibility index (Phi) is 6.59. The molecule has 1 atom stereocenters. The molecule has 0 heterocycles. The second-order valence-electron chi connectivity index (χ2n) is 1.13. The van der Waals surface area contributed by atoms with Gasteiger partial charge < -0.3 is 10.8 Å². The Bertz CT molecular complexity index is 76.4. The van der Waals surface area contributed by atoms with Gasteiger partial charge in [-0.05, 0) is 0 Å². The van der Waals surface area contributed by atoms with Crippen molar-refractivity contribution in [3.63, 3.8) is 0 Å². The molecule has 0 aliphatic heterocycles. The van der Waals surface area contributed by atoms with E-state index in [9.17, 15) is 4.79 Å². The number of rotatable bonds is 2. The zero-order chi connectivity index (χ0) is 5.86. The maximum atomic E-state index is 9.76. The van der Waals surface area contributed by atoms with Gasteiger partial charge in [0, 0.05) is 13.2 Å². The van der Waals surface area contributed by atoms with Crippen LogP contribution in [0, 0.1) is 7.43 Å². The first-order chi connectivity index (χ1) is 3.18. The summed E-state index contributed by atoms with van der Waals surface area (Å²) >= 11 is 3.65. The minimum Gasteiger partial charge on any atom is -0.480 e. The topological polar surface area (TPSA) is 63.3 Å². The van der Waals surface area contributed by atoms with Crippen molar-refractivity contribution in [3.8, 4) is 0 Å². The monoisotopic (exact) mass is 133 g/mol. The van der Waals surface area contributed by atoms with Crippen molar-refractivity contribution in [3.05, 3.63) is 7.43 Å². The highest BCUT2D eigenvalue weighted by Gasteiger charge is 2.06.